The molecule has 0 atom stereocenters. The molecule has 2 aliphatic rings. The van der Waals surface area contributed by atoms with Crippen molar-refractivity contribution in [3.8, 4) is 0 Å². The smallest absolute Gasteiger partial charge is 0.367 e. The second-order valence-corrected chi connectivity index (χ2v) is 7.04. The zero-order valence-corrected chi connectivity index (χ0v) is 15.1. The number of nitrogens with one attached hydrogen (secondary N) is 1. The van der Waals surface area contributed by atoms with E-state index in [9.17, 15) is 18.0 Å². The van der Waals surface area contributed by atoms with Gasteiger partial charge < -0.3 is 15.1 Å². The van der Waals surface area contributed by atoms with Crippen molar-refractivity contribution >= 4 is 23.1 Å². The number of piperazine rings is 1. The third-order valence-electron chi connectivity index (χ3n) is 5.00. The summed E-state index contributed by atoms with van der Waals surface area (Å²) in [5.41, 5.74) is 0.758. The fourth-order valence-electron chi connectivity index (χ4n) is 3.18. The van der Waals surface area contributed by atoms with Crippen LogP contribution in [0.2, 0.25) is 0 Å². The zero-order valence-electron chi connectivity index (χ0n) is 15.1. The number of carbonyl (C=O) groups is 1. The normalized spacial score (nSPS) is 17.5. The van der Waals surface area contributed by atoms with Crippen molar-refractivity contribution in [2.45, 2.75) is 19.0 Å². The Balaban J connectivity index is 1.33. The van der Waals surface area contributed by atoms with E-state index in [4.69, 9.17) is 0 Å². The SMILES string of the molecule is O=C(Nc1ccc(N2CCN(c3ccc(C(F)(F)F)nc3)CC2)cn1)C1CC1. The first-order valence-electron chi connectivity index (χ1n) is 9.20. The van der Waals surface area contributed by atoms with Crippen LogP contribution in [0, 0.1) is 5.92 Å². The van der Waals surface area contributed by atoms with Crippen LogP contribution in [0.5, 0.6) is 0 Å². The number of halogens is 3. The van der Waals surface area contributed by atoms with Crippen LogP contribution in [0.4, 0.5) is 30.4 Å². The van der Waals surface area contributed by atoms with Crippen LogP contribution >= 0.6 is 0 Å². The van der Waals surface area contributed by atoms with Crippen LogP contribution in [0.1, 0.15) is 18.5 Å². The van der Waals surface area contributed by atoms with Crippen molar-refractivity contribution in [2.24, 2.45) is 5.92 Å². The van der Waals surface area contributed by atoms with Gasteiger partial charge in [0, 0.05) is 32.1 Å². The molecule has 0 radical (unpaired) electrons. The Morgan fingerprint density at radius 2 is 1.50 bits per heavy atom. The van der Waals surface area contributed by atoms with Gasteiger partial charge in [-0.15, -0.1) is 0 Å². The molecule has 2 aromatic rings. The van der Waals surface area contributed by atoms with Gasteiger partial charge in [-0.25, -0.2) is 9.97 Å². The van der Waals surface area contributed by atoms with E-state index in [-0.39, 0.29) is 11.8 Å². The summed E-state index contributed by atoms with van der Waals surface area (Å²) in [6, 6.07) is 6.19. The highest BCUT2D eigenvalue weighted by molar-refractivity contribution is 5.93. The highest BCUT2D eigenvalue weighted by Gasteiger charge is 2.32. The average Bonchev–Trinajstić information content (AvgIpc) is 3.54. The second-order valence-electron chi connectivity index (χ2n) is 7.04. The Morgan fingerprint density at radius 1 is 0.929 bits per heavy atom. The lowest BCUT2D eigenvalue weighted by molar-refractivity contribution is -0.141. The van der Waals surface area contributed by atoms with Crippen LogP contribution in [-0.4, -0.2) is 42.1 Å². The molecule has 148 valence electrons. The highest BCUT2D eigenvalue weighted by Crippen LogP contribution is 2.30. The van der Waals surface area contributed by atoms with E-state index < -0.39 is 11.9 Å². The molecular formula is C19H20F3N5O. The summed E-state index contributed by atoms with van der Waals surface area (Å²) in [4.78, 5) is 23.8. The summed E-state index contributed by atoms with van der Waals surface area (Å²) in [5.74, 6) is 0.711. The minimum absolute atomic E-state index is 0.0269. The average molecular weight is 391 g/mol. The van der Waals surface area contributed by atoms with Gasteiger partial charge in [-0.05, 0) is 37.1 Å². The number of aromatic nitrogens is 2. The molecule has 1 amide bonds. The predicted octanol–water partition coefficient (Wildman–Crippen LogP) is 3.17. The number of hydrogen-bond donors (Lipinski definition) is 1. The summed E-state index contributed by atoms with van der Waals surface area (Å²) in [6.07, 6.45) is 0.481. The summed E-state index contributed by atoms with van der Waals surface area (Å²) < 4.78 is 37.9. The summed E-state index contributed by atoms with van der Waals surface area (Å²) >= 11 is 0. The number of nitrogens with zero attached hydrogens (tertiary/aromatic N) is 4. The number of hydrogen-bond acceptors (Lipinski definition) is 5. The monoisotopic (exact) mass is 391 g/mol. The number of rotatable bonds is 4. The van der Waals surface area contributed by atoms with Gasteiger partial charge in [0.1, 0.15) is 11.5 Å². The molecule has 1 aliphatic heterocycles. The molecule has 4 rings (SSSR count). The first-order valence-corrected chi connectivity index (χ1v) is 9.20. The molecule has 28 heavy (non-hydrogen) atoms. The predicted molar refractivity (Wildman–Crippen MR) is 99.3 cm³/mol. The molecular weight excluding hydrogens is 371 g/mol. The molecule has 1 saturated carbocycles. The van der Waals surface area contributed by atoms with E-state index in [1.54, 1.807) is 12.3 Å². The second kappa shape index (κ2) is 7.29. The fraction of sp³-hybridized carbons (Fsp3) is 0.421. The Morgan fingerprint density at radius 3 is 1.93 bits per heavy atom. The number of carbonyl (C=O) groups excluding carboxylic acids is 1. The molecule has 0 aromatic carbocycles. The van der Waals surface area contributed by atoms with Crippen molar-refractivity contribution in [1.82, 2.24) is 9.97 Å². The van der Waals surface area contributed by atoms with E-state index in [0.29, 0.717) is 24.6 Å². The molecule has 0 unspecified atom stereocenters. The number of anilines is 3. The first-order chi connectivity index (χ1) is 13.4. The highest BCUT2D eigenvalue weighted by atomic mass is 19.4. The van der Waals surface area contributed by atoms with E-state index in [0.717, 1.165) is 37.7 Å². The number of alkyl halides is 3. The topological polar surface area (TPSA) is 61.4 Å². The molecule has 6 nitrogen and oxygen atoms in total. The molecule has 1 saturated heterocycles. The van der Waals surface area contributed by atoms with Gasteiger partial charge in [0.2, 0.25) is 5.91 Å². The quantitative estimate of drug-likeness (QED) is 0.868. The Bertz CT molecular complexity index is 826. The Labute approximate surface area is 160 Å². The van der Waals surface area contributed by atoms with E-state index >= 15 is 0 Å². The van der Waals surface area contributed by atoms with Gasteiger partial charge in [-0.2, -0.15) is 13.2 Å². The van der Waals surface area contributed by atoms with Crippen molar-refractivity contribution in [3.63, 3.8) is 0 Å². The molecule has 1 aliphatic carbocycles. The van der Waals surface area contributed by atoms with Crippen LogP contribution in [0.15, 0.2) is 36.7 Å². The molecule has 2 fully saturated rings. The molecule has 0 spiro atoms. The lowest BCUT2D eigenvalue weighted by Crippen LogP contribution is -2.46. The number of amides is 1. The lowest BCUT2D eigenvalue weighted by Gasteiger charge is -2.37. The maximum atomic E-state index is 12.6. The van der Waals surface area contributed by atoms with Gasteiger partial charge in [-0.1, -0.05) is 0 Å². The molecule has 1 N–H and O–H groups in total. The molecule has 9 heteroatoms. The minimum atomic E-state index is -4.42. The van der Waals surface area contributed by atoms with Crippen LogP contribution in [-0.2, 0) is 11.0 Å². The van der Waals surface area contributed by atoms with Crippen molar-refractivity contribution < 1.29 is 18.0 Å². The fourth-order valence-corrected chi connectivity index (χ4v) is 3.18. The Hall–Kier alpha value is -2.84. The summed E-state index contributed by atoms with van der Waals surface area (Å²) in [7, 11) is 0. The standard InChI is InChI=1S/C19H20F3N5O/c20-19(21,22)16-5-3-14(11-23-16)26-7-9-27(10-8-26)15-4-6-17(24-12-15)25-18(28)13-1-2-13/h3-6,11-13H,1-2,7-10H2,(H,24,25,28). The van der Waals surface area contributed by atoms with Crippen molar-refractivity contribution in [1.29, 1.82) is 0 Å². The molecule has 0 bridgehead atoms. The van der Waals surface area contributed by atoms with E-state index in [2.05, 4.69) is 20.2 Å². The van der Waals surface area contributed by atoms with Gasteiger partial charge in [0.05, 0.1) is 23.8 Å². The van der Waals surface area contributed by atoms with Gasteiger partial charge in [0.25, 0.3) is 0 Å². The third-order valence-corrected chi connectivity index (χ3v) is 5.00. The van der Waals surface area contributed by atoms with Gasteiger partial charge >= 0.3 is 6.18 Å². The molecule has 2 aromatic heterocycles. The number of pyridine rings is 2. The van der Waals surface area contributed by atoms with Crippen molar-refractivity contribution in [3.05, 3.63) is 42.4 Å². The van der Waals surface area contributed by atoms with E-state index in [1.165, 1.54) is 12.3 Å². The maximum absolute atomic E-state index is 12.6. The largest absolute Gasteiger partial charge is 0.433 e. The maximum Gasteiger partial charge on any atom is 0.433 e. The third kappa shape index (κ3) is 4.18. The first kappa shape index (κ1) is 18.5. The van der Waals surface area contributed by atoms with Crippen LogP contribution < -0.4 is 15.1 Å². The lowest BCUT2D eigenvalue weighted by atomic mass is 10.2. The Kier molecular flexibility index (Phi) is 4.82. The zero-order chi connectivity index (χ0) is 19.7. The van der Waals surface area contributed by atoms with Gasteiger partial charge in [-0.3, -0.25) is 4.79 Å². The van der Waals surface area contributed by atoms with Gasteiger partial charge in [0.15, 0.2) is 0 Å². The van der Waals surface area contributed by atoms with E-state index in [1.807, 2.05) is 11.0 Å². The summed E-state index contributed by atoms with van der Waals surface area (Å²) in [5, 5.41) is 2.81. The molecule has 3 heterocycles. The van der Waals surface area contributed by atoms with Crippen molar-refractivity contribution in [2.75, 3.05) is 41.3 Å². The van der Waals surface area contributed by atoms with Crippen LogP contribution in [0.25, 0.3) is 0 Å². The minimum Gasteiger partial charge on any atom is -0.367 e. The van der Waals surface area contributed by atoms with Crippen LogP contribution in [0.3, 0.4) is 0 Å². The summed E-state index contributed by atoms with van der Waals surface area (Å²) in [6.45, 7) is 2.79.